The molecule has 1 unspecified atom stereocenters. The van der Waals surface area contributed by atoms with E-state index in [9.17, 15) is 4.79 Å². The van der Waals surface area contributed by atoms with Gasteiger partial charge in [0.15, 0.2) is 0 Å². The van der Waals surface area contributed by atoms with E-state index in [1.165, 1.54) is 5.56 Å². The average Bonchev–Trinajstić information content (AvgIpc) is 2.74. The van der Waals surface area contributed by atoms with Crippen LogP contribution in [0.5, 0.6) is 0 Å². The van der Waals surface area contributed by atoms with E-state index >= 15 is 0 Å². The van der Waals surface area contributed by atoms with Crippen molar-refractivity contribution >= 4 is 27.8 Å². The summed E-state index contributed by atoms with van der Waals surface area (Å²) >= 11 is 3.60. The predicted octanol–water partition coefficient (Wildman–Crippen LogP) is 1.37. The molecule has 2 fully saturated rings. The minimum atomic E-state index is 0.0657. The molecule has 0 aromatic carbocycles. The number of anilines is 1. The Balaban J connectivity index is 1.83. The number of aryl methyl sites for hydroxylation is 1. The van der Waals surface area contributed by atoms with Gasteiger partial charge in [-0.2, -0.15) is 0 Å². The van der Waals surface area contributed by atoms with Gasteiger partial charge in [-0.1, -0.05) is 0 Å². The highest BCUT2D eigenvalue weighted by molar-refractivity contribution is 9.10. The van der Waals surface area contributed by atoms with Gasteiger partial charge in [-0.15, -0.1) is 0 Å². The highest BCUT2D eigenvalue weighted by Gasteiger charge is 2.36. The molecule has 2 aliphatic rings. The highest BCUT2D eigenvalue weighted by Crippen LogP contribution is 2.29. The third kappa shape index (κ3) is 1.84. The summed E-state index contributed by atoms with van der Waals surface area (Å²) in [4.78, 5) is 20.2. The van der Waals surface area contributed by atoms with Gasteiger partial charge in [0.2, 0.25) is 0 Å². The second-order valence-electron chi connectivity index (χ2n) is 4.74. The maximum absolute atomic E-state index is 11.5. The lowest BCUT2D eigenvalue weighted by atomic mass is 10.2. The van der Waals surface area contributed by atoms with Gasteiger partial charge in [0.05, 0.1) is 10.5 Å². The number of urea groups is 1. The van der Waals surface area contributed by atoms with Crippen LogP contribution in [0.25, 0.3) is 0 Å². The topological polar surface area (TPSA) is 48.5 Å². The minimum absolute atomic E-state index is 0.0657. The third-order valence-electron chi connectivity index (χ3n) is 3.60. The number of halogens is 1. The molecule has 96 valence electrons. The number of hydrogen-bond acceptors (Lipinski definition) is 3. The number of carbonyl (C=O) groups excluding carboxylic acids is 1. The molecule has 2 aliphatic heterocycles. The standard InChI is InChI=1S/C12H15BrN4O/c1-8-2-3-14-11(10(8)13)16-4-5-17-9(7-16)6-15-12(17)18/h2-3,9H,4-7H2,1H3,(H,15,18). The van der Waals surface area contributed by atoms with Crippen molar-refractivity contribution in [2.75, 3.05) is 31.1 Å². The summed E-state index contributed by atoms with van der Waals surface area (Å²) in [7, 11) is 0. The lowest BCUT2D eigenvalue weighted by molar-refractivity contribution is 0.197. The molecule has 3 rings (SSSR count). The van der Waals surface area contributed by atoms with E-state index < -0.39 is 0 Å². The van der Waals surface area contributed by atoms with Crippen LogP contribution < -0.4 is 10.2 Å². The molecule has 3 heterocycles. The Bertz CT molecular complexity index is 493. The number of fused-ring (bicyclic) bond motifs is 1. The predicted molar refractivity (Wildman–Crippen MR) is 72.8 cm³/mol. The van der Waals surface area contributed by atoms with Crippen molar-refractivity contribution in [3.8, 4) is 0 Å². The SMILES string of the molecule is Cc1ccnc(N2CCN3C(=O)NCC3C2)c1Br. The molecule has 0 aliphatic carbocycles. The average molecular weight is 311 g/mol. The Morgan fingerprint density at radius 1 is 1.50 bits per heavy atom. The number of nitrogens with one attached hydrogen (secondary N) is 1. The van der Waals surface area contributed by atoms with Crippen molar-refractivity contribution in [2.45, 2.75) is 13.0 Å². The largest absolute Gasteiger partial charge is 0.352 e. The molecule has 1 aromatic rings. The summed E-state index contributed by atoms with van der Waals surface area (Å²) in [5, 5.41) is 2.89. The Labute approximate surface area is 114 Å². The van der Waals surface area contributed by atoms with Gasteiger partial charge in [-0.05, 0) is 34.5 Å². The van der Waals surface area contributed by atoms with E-state index in [1.54, 1.807) is 0 Å². The van der Waals surface area contributed by atoms with Crippen LogP contribution in [0.1, 0.15) is 5.56 Å². The lowest BCUT2D eigenvalue weighted by Crippen LogP contribution is -2.52. The van der Waals surface area contributed by atoms with E-state index in [-0.39, 0.29) is 12.1 Å². The van der Waals surface area contributed by atoms with Crippen LogP contribution in [-0.2, 0) is 0 Å². The molecule has 0 spiro atoms. The maximum Gasteiger partial charge on any atom is 0.317 e. The zero-order valence-electron chi connectivity index (χ0n) is 10.2. The van der Waals surface area contributed by atoms with Gasteiger partial charge in [-0.25, -0.2) is 9.78 Å². The Kier molecular flexibility index (Phi) is 2.89. The van der Waals surface area contributed by atoms with E-state index in [0.29, 0.717) is 0 Å². The van der Waals surface area contributed by atoms with Gasteiger partial charge < -0.3 is 15.1 Å². The van der Waals surface area contributed by atoms with E-state index in [2.05, 4.69) is 38.1 Å². The monoisotopic (exact) mass is 310 g/mol. The first-order valence-corrected chi connectivity index (χ1v) is 6.86. The number of aromatic nitrogens is 1. The summed E-state index contributed by atoms with van der Waals surface area (Å²) in [6.45, 7) is 5.23. The van der Waals surface area contributed by atoms with Crippen molar-refractivity contribution in [1.82, 2.24) is 15.2 Å². The smallest absolute Gasteiger partial charge is 0.317 e. The van der Waals surface area contributed by atoms with E-state index in [0.717, 1.165) is 36.5 Å². The Morgan fingerprint density at radius 2 is 2.33 bits per heavy atom. The first-order valence-electron chi connectivity index (χ1n) is 6.07. The van der Waals surface area contributed by atoms with Crippen molar-refractivity contribution in [3.63, 3.8) is 0 Å². The van der Waals surface area contributed by atoms with Crippen molar-refractivity contribution in [1.29, 1.82) is 0 Å². The van der Waals surface area contributed by atoms with Gasteiger partial charge in [0.25, 0.3) is 0 Å². The molecule has 0 saturated carbocycles. The fourth-order valence-corrected chi connectivity index (χ4v) is 3.03. The zero-order chi connectivity index (χ0) is 12.7. The second-order valence-corrected chi connectivity index (χ2v) is 5.54. The molecule has 5 nitrogen and oxygen atoms in total. The number of rotatable bonds is 1. The number of carbonyl (C=O) groups is 1. The highest BCUT2D eigenvalue weighted by atomic mass is 79.9. The van der Waals surface area contributed by atoms with Crippen molar-refractivity contribution in [3.05, 3.63) is 22.3 Å². The first kappa shape index (κ1) is 11.8. The molecular weight excluding hydrogens is 296 g/mol. The van der Waals surface area contributed by atoms with Crippen LogP contribution in [0, 0.1) is 6.92 Å². The number of hydrogen-bond donors (Lipinski definition) is 1. The maximum atomic E-state index is 11.5. The van der Waals surface area contributed by atoms with Crippen LogP contribution >= 0.6 is 15.9 Å². The Morgan fingerprint density at radius 3 is 3.17 bits per heavy atom. The molecule has 1 aromatic heterocycles. The minimum Gasteiger partial charge on any atom is -0.352 e. The molecule has 1 N–H and O–H groups in total. The zero-order valence-corrected chi connectivity index (χ0v) is 11.8. The summed E-state index contributed by atoms with van der Waals surface area (Å²) in [6, 6.07) is 2.32. The third-order valence-corrected chi connectivity index (χ3v) is 4.58. The molecule has 0 radical (unpaired) electrons. The number of pyridine rings is 1. The fourth-order valence-electron chi connectivity index (χ4n) is 2.54. The van der Waals surface area contributed by atoms with Gasteiger partial charge in [0, 0.05) is 32.4 Å². The van der Waals surface area contributed by atoms with E-state index in [4.69, 9.17) is 0 Å². The van der Waals surface area contributed by atoms with Crippen LogP contribution in [0.4, 0.5) is 10.6 Å². The number of piperazine rings is 1. The number of amides is 2. The van der Waals surface area contributed by atoms with Gasteiger partial charge in [-0.3, -0.25) is 0 Å². The molecule has 6 heteroatoms. The van der Waals surface area contributed by atoms with Crippen LogP contribution in [0.3, 0.4) is 0 Å². The fraction of sp³-hybridized carbons (Fsp3) is 0.500. The Hall–Kier alpha value is -1.30. The summed E-state index contributed by atoms with van der Waals surface area (Å²) in [5.41, 5.74) is 1.18. The summed E-state index contributed by atoms with van der Waals surface area (Å²) < 4.78 is 1.05. The van der Waals surface area contributed by atoms with Crippen molar-refractivity contribution in [2.24, 2.45) is 0 Å². The number of nitrogens with zero attached hydrogens (tertiary/aromatic N) is 3. The normalized spacial score (nSPS) is 23.0. The molecule has 18 heavy (non-hydrogen) atoms. The van der Waals surface area contributed by atoms with Crippen LogP contribution in [0.15, 0.2) is 16.7 Å². The van der Waals surface area contributed by atoms with Gasteiger partial charge >= 0.3 is 6.03 Å². The van der Waals surface area contributed by atoms with Crippen LogP contribution in [0.2, 0.25) is 0 Å². The molecule has 0 bridgehead atoms. The second kappa shape index (κ2) is 4.42. The van der Waals surface area contributed by atoms with E-state index in [1.807, 2.05) is 17.2 Å². The molecule has 1 atom stereocenters. The summed E-state index contributed by atoms with van der Waals surface area (Å²) in [6.07, 6.45) is 1.83. The van der Waals surface area contributed by atoms with Gasteiger partial charge in [0.1, 0.15) is 5.82 Å². The lowest BCUT2D eigenvalue weighted by Gasteiger charge is -2.37. The summed E-state index contributed by atoms with van der Waals surface area (Å²) in [5.74, 6) is 0.981. The first-order chi connectivity index (χ1) is 8.66. The molecular formula is C12H15BrN4O. The molecule has 2 saturated heterocycles. The van der Waals surface area contributed by atoms with Crippen LogP contribution in [-0.4, -0.2) is 48.1 Å². The molecule has 2 amide bonds. The quantitative estimate of drug-likeness (QED) is 0.852. The van der Waals surface area contributed by atoms with Crippen molar-refractivity contribution < 1.29 is 4.79 Å².